The molecule has 0 amide bonds. The lowest BCUT2D eigenvalue weighted by molar-refractivity contribution is -0.135. The average Bonchev–Trinajstić information content (AvgIpc) is 3.24. The summed E-state index contributed by atoms with van der Waals surface area (Å²) in [6.07, 6.45) is 0.531. The Balaban J connectivity index is 1.74. The van der Waals surface area contributed by atoms with E-state index in [0.29, 0.717) is 18.9 Å². The normalized spacial score (nSPS) is 12.9. The Labute approximate surface area is 210 Å². The molecule has 3 aromatic rings. The standard InChI is InChI=1S/C21H19Cl2N5O6S/c1-33-20-24-19(25-21(26-20)34-2)27-6-5-12-7-15(3-4-17(12)27)28(11-18(29)30)35(31,32)16-9-13(22)8-14(23)10-16/h3-4,7-10H,5-6,11H2,1-2H3,(H,29,30). The first-order valence-electron chi connectivity index (χ1n) is 10.1. The lowest BCUT2D eigenvalue weighted by Gasteiger charge is -2.24. The summed E-state index contributed by atoms with van der Waals surface area (Å²) in [4.78, 5) is 25.7. The van der Waals surface area contributed by atoms with E-state index >= 15 is 0 Å². The van der Waals surface area contributed by atoms with Crippen LogP contribution in [0, 0.1) is 0 Å². The first kappa shape index (κ1) is 24.8. The van der Waals surface area contributed by atoms with Crippen LogP contribution in [0.5, 0.6) is 12.0 Å². The minimum Gasteiger partial charge on any atom is -0.480 e. The lowest BCUT2D eigenvalue weighted by atomic mass is 10.1. The second-order valence-electron chi connectivity index (χ2n) is 7.33. The zero-order valence-corrected chi connectivity index (χ0v) is 20.8. The topological polar surface area (TPSA) is 135 Å². The van der Waals surface area contributed by atoms with E-state index in [9.17, 15) is 18.3 Å². The summed E-state index contributed by atoms with van der Waals surface area (Å²) in [5.74, 6) is -1.03. The molecule has 0 radical (unpaired) electrons. The summed E-state index contributed by atoms with van der Waals surface area (Å²) in [7, 11) is -1.44. The molecule has 1 aliphatic rings. The molecular formula is C21H19Cl2N5O6S. The van der Waals surface area contributed by atoms with Gasteiger partial charge in [0.1, 0.15) is 6.54 Å². The molecule has 2 heterocycles. The minimum absolute atomic E-state index is 0.0795. The highest BCUT2D eigenvalue weighted by atomic mass is 35.5. The molecule has 184 valence electrons. The van der Waals surface area contributed by atoms with Crippen LogP contribution in [0.1, 0.15) is 5.56 Å². The first-order chi connectivity index (χ1) is 16.6. The molecule has 0 unspecified atom stereocenters. The van der Waals surface area contributed by atoms with Gasteiger partial charge in [0.2, 0.25) is 5.95 Å². The van der Waals surface area contributed by atoms with Crippen molar-refractivity contribution in [3.8, 4) is 12.0 Å². The van der Waals surface area contributed by atoms with Crippen LogP contribution in [0.4, 0.5) is 17.3 Å². The van der Waals surface area contributed by atoms with E-state index < -0.39 is 22.5 Å². The average molecular weight is 540 g/mol. The quantitative estimate of drug-likeness (QED) is 0.454. The van der Waals surface area contributed by atoms with Crippen LogP contribution < -0.4 is 18.7 Å². The van der Waals surface area contributed by atoms with Gasteiger partial charge in [0, 0.05) is 22.3 Å². The van der Waals surface area contributed by atoms with Crippen LogP contribution in [0.3, 0.4) is 0 Å². The number of ether oxygens (including phenoxy) is 2. The van der Waals surface area contributed by atoms with Gasteiger partial charge in [0.05, 0.1) is 24.8 Å². The number of carbonyl (C=O) groups is 1. The molecule has 0 fully saturated rings. The molecule has 1 N–H and O–H groups in total. The molecule has 0 saturated heterocycles. The van der Waals surface area contributed by atoms with Gasteiger partial charge in [0.15, 0.2) is 0 Å². The summed E-state index contributed by atoms with van der Waals surface area (Å²) in [5.41, 5.74) is 1.67. The van der Waals surface area contributed by atoms with Crippen molar-refractivity contribution in [2.24, 2.45) is 0 Å². The van der Waals surface area contributed by atoms with Gasteiger partial charge in [-0.1, -0.05) is 23.2 Å². The highest BCUT2D eigenvalue weighted by molar-refractivity contribution is 7.92. The van der Waals surface area contributed by atoms with Crippen molar-refractivity contribution in [1.82, 2.24) is 15.0 Å². The number of carboxylic acids is 1. The maximum Gasteiger partial charge on any atom is 0.324 e. The maximum atomic E-state index is 13.4. The molecule has 14 heteroatoms. The summed E-state index contributed by atoms with van der Waals surface area (Å²) >= 11 is 12.0. The number of sulfonamides is 1. The van der Waals surface area contributed by atoms with E-state index in [1.165, 1.54) is 38.5 Å². The zero-order chi connectivity index (χ0) is 25.3. The van der Waals surface area contributed by atoms with E-state index in [0.717, 1.165) is 15.6 Å². The number of fused-ring (bicyclic) bond motifs is 1. The van der Waals surface area contributed by atoms with Gasteiger partial charge in [-0.25, -0.2) is 8.42 Å². The fourth-order valence-electron chi connectivity index (χ4n) is 3.62. The Bertz CT molecular complexity index is 1360. The molecule has 0 atom stereocenters. The van der Waals surface area contributed by atoms with E-state index in [2.05, 4.69) is 15.0 Å². The summed E-state index contributed by atoms with van der Waals surface area (Å²) < 4.78 is 37.8. The van der Waals surface area contributed by atoms with E-state index in [1.807, 2.05) is 0 Å². The predicted octanol–water partition coefficient (Wildman–Crippen LogP) is 3.17. The Morgan fingerprint density at radius 2 is 1.69 bits per heavy atom. The largest absolute Gasteiger partial charge is 0.480 e. The van der Waals surface area contributed by atoms with Crippen molar-refractivity contribution >= 4 is 56.5 Å². The third-order valence-corrected chi connectivity index (χ3v) is 7.33. The SMILES string of the molecule is COc1nc(OC)nc(N2CCc3cc(N(CC(=O)O)S(=O)(=O)c4cc(Cl)cc(Cl)c4)ccc32)n1. The Hall–Kier alpha value is -3.35. The number of nitrogens with zero attached hydrogens (tertiary/aromatic N) is 5. The van der Waals surface area contributed by atoms with Gasteiger partial charge in [-0.2, -0.15) is 9.97 Å². The van der Waals surface area contributed by atoms with Crippen LogP contribution in [-0.4, -0.2) is 61.8 Å². The van der Waals surface area contributed by atoms with Crippen molar-refractivity contribution in [3.05, 3.63) is 52.0 Å². The predicted molar refractivity (Wildman–Crippen MR) is 129 cm³/mol. The molecule has 0 bridgehead atoms. The number of halogens is 2. The molecule has 1 aromatic heterocycles. The van der Waals surface area contributed by atoms with Gasteiger partial charge in [-0.3, -0.25) is 9.10 Å². The molecule has 4 rings (SSSR count). The van der Waals surface area contributed by atoms with Crippen molar-refractivity contribution in [1.29, 1.82) is 0 Å². The number of rotatable bonds is 8. The fraction of sp³-hybridized carbons (Fsp3) is 0.238. The van der Waals surface area contributed by atoms with Crippen LogP contribution in [0.15, 0.2) is 41.3 Å². The van der Waals surface area contributed by atoms with Gasteiger partial charge in [-0.05, 0) is 48.4 Å². The van der Waals surface area contributed by atoms with Crippen LogP contribution in [0.25, 0.3) is 0 Å². The van der Waals surface area contributed by atoms with Gasteiger partial charge >= 0.3 is 18.0 Å². The molecule has 11 nitrogen and oxygen atoms in total. The Kier molecular flexibility index (Phi) is 6.88. The van der Waals surface area contributed by atoms with Crippen LogP contribution in [-0.2, 0) is 21.2 Å². The third kappa shape index (κ3) is 5.04. The number of carboxylic acid groups (broad SMARTS) is 1. The van der Waals surface area contributed by atoms with Crippen LogP contribution in [0.2, 0.25) is 10.0 Å². The van der Waals surface area contributed by atoms with Gasteiger partial charge in [0.25, 0.3) is 10.0 Å². The number of hydrogen-bond acceptors (Lipinski definition) is 9. The smallest absolute Gasteiger partial charge is 0.324 e. The molecule has 35 heavy (non-hydrogen) atoms. The maximum absolute atomic E-state index is 13.4. The summed E-state index contributed by atoms with van der Waals surface area (Å²) in [5, 5.41) is 9.66. The number of aromatic nitrogens is 3. The second-order valence-corrected chi connectivity index (χ2v) is 10.1. The molecule has 2 aromatic carbocycles. The Morgan fingerprint density at radius 1 is 1.06 bits per heavy atom. The molecule has 1 aliphatic heterocycles. The van der Waals surface area contributed by atoms with Crippen molar-refractivity contribution < 1.29 is 27.8 Å². The van der Waals surface area contributed by atoms with Gasteiger partial charge < -0.3 is 19.5 Å². The minimum atomic E-state index is -4.29. The van der Waals surface area contributed by atoms with Crippen molar-refractivity contribution in [2.45, 2.75) is 11.3 Å². The number of aliphatic carboxylic acids is 1. The van der Waals surface area contributed by atoms with E-state index in [-0.39, 0.29) is 32.6 Å². The number of anilines is 3. The second kappa shape index (κ2) is 9.72. The molecule has 0 spiro atoms. The number of benzene rings is 2. The zero-order valence-electron chi connectivity index (χ0n) is 18.5. The molecule has 0 saturated carbocycles. The molecule has 0 aliphatic carbocycles. The summed E-state index contributed by atoms with van der Waals surface area (Å²) in [6.45, 7) is -0.304. The lowest BCUT2D eigenvalue weighted by Crippen LogP contribution is -2.35. The number of methoxy groups -OCH3 is 2. The number of hydrogen-bond donors (Lipinski definition) is 1. The van der Waals surface area contributed by atoms with Gasteiger partial charge in [-0.15, -0.1) is 4.98 Å². The van der Waals surface area contributed by atoms with Crippen molar-refractivity contribution in [3.63, 3.8) is 0 Å². The van der Waals surface area contributed by atoms with Crippen LogP contribution >= 0.6 is 23.2 Å². The summed E-state index contributed by atoms with van der Waals surface area (Å²) in [6, 6.07) is 8.79. The fourth-order valence-corrected chi connectivity index (χ4v) is 5.76. The first-order valence-corrected chi connectivity index (χ1v) is 12.3. The van der Waals surface area contributed by atoms with Crippen molar-refractivity contribution in [2.75, 3.05) is 36.5 Å². The third-order valence-electron chi connectivity index (χ3n) is 5.14. The van der Waals surface area contributed by atoms with E-state index in [1.54, 1.807) is 17.0 Å². The monoisotopic (exact) mass is 539 g/mol. The highest BCUT2D eigenvalue weighted by Crippen LogP contribution is 2.37. The van der Waals surface area contributed by atoms with E-state index in [4.69, 9.17) is 32.7 Å². The molecular weight excluding hydrogens is 521 g/mol. The highest BCUT2D eigenvalue weighted by Gasteiger charge is 2.30. The Morgan fingerprint density at radius 3 is 2.26 bits per heavy atom.